The maximum absolute atomic E-state index is 5.83. The van der Waals surface area contributed by atoms with Crippen molar-refractivity contribution in [1.82, 2.24) is 4.98 Å². The first-order chi connectivity index (χ1) is 8.65. The Morgan fingerprint density at radius 1 is 1.50 bits per heavy atom. The van der Waals surface area contributed by atoms with Gasteiger partial charge < -0.3 is 10.6 Å². The number of anilines is 1. The van der Waals surface area contributed by atoms with Crippen LogP contribution in [0.4, 0.5) is 5.13 Å². The molecule has 0 bridgehead atoms. The lowest BCUT2D eigenvalue weighted by Gasteiger charge is -2.31. The molecule has 102 valence electrons. The summed E-state index contributed by atoms with van der Waals surface area (Å²) in [5, 5.41) is 1.93. The highest BCUT2D eigenvalue weighted by Gasteiger charge is 2.23. The Kier molecular flexibility index (Phi) is 4.92. The molecule has 5 heteroatoms. The van der Waals surface area contributed by atoms with E-state index in [1.54, 1.807) is 11.3 Å². The van der Waals surface area contributed by atoms with Crippen molar-refractivity contribution in [2.24, 2.45) is 5.73 Å². The second-order valence-electron chi connectivity index (χ2n) is 5.01. The summed E-state index contributed by atoms with van der Waals surface area (Å²) in [7, 11) is 0. The fourth-order valence-corrected chi connectivity index (χ4v) is 4.53. The van der Waals surface area contributed by atoms with Gasteiger partial charge in [0.1, 0.15) is 0 Å². The highest BCUT2D eigenvalue weighted by molar-refractivity contribution is 8.00. The van der Waals surface area contributed by atoms with E-state index in [-0.39, 0.29) is 0 Å². The van der Waals surface area contributed by atoms with E-state index in [4.69, 9.17) is 10.7 Å². The Balaban J connectivity index is 2.17. The normalized spacial score (nSPS) is 20.7. The predicted molar refractivity (Wildman–Crippen MR) is 82.8 cm³/mol. The van der Waals surface area contributed by atoms with E-state index >= 15 is 0 Å². The number of aromatic nitrogens is 1. The minimum atomic E-state index is 0.467. The maximum atomic E-state index is 5.83. The van der Waals surface area contributed by atoms with Crippen molar-refractivity contribution in [2.75, 3.05) is 23.7 Å². The molecule has 0 spiro atoms. The topological polar surface area (TPSA) is 42.2 Å². The monoisotopic (exact) mass is 285 g/mol. The molecule has 1 fully saturated rings. The van der Waals surface area contributed by atoms with Crippen LogP contribution in [0.2, 0.25) is 0 Å². The summed E-state index contributed by atoms with van der Waals surface area (Å²) < 4.78 is 0. The lowest BCUT2D eigenvalue weighted by atomic mass is 10.1. The van der Waals surface area contributed by atoms with E-state index < -0.39 is 0 Å². The van der Waals surface area contributed by atoms with Crippen LogP contribution in [-0.4, -0.2) is 29.1 Å². The third kappa shape index (κ3) is 3.00. The number of rotatable bonds is 4. The minimum absolute atomic E-state index is 0.467. The van der Waals surface area contributed by atoms with Gasteiger partial charge in [0.2, 0.25) is 0 Å². The quantitative estimate of drug-likeness (QED) is 0.923. The van der Waals surface area contributed by atoms with Gasteiger partial charge in [-0.1, -0.05) is 20.8 Å². The zero-order valence-corrected chi connectivity index (χ0v) is 13.1. The molecule has 18 heavy (non-hydrogen) atoms. The van der Waals surface area contributed by atoms with Crippen LogP contribution in [-0.2, 0) is 6.54 Å². The van der Waals surface area contributed by atoms with Gasteiger partial charge in [0, 0.05) is 35.5 Å². The SMILES string of the molecule is CCC1CN(c2nc(C(C)C)c(CN)s2)CCS1. The van der Waals surface area contributed by atoms with Crippen LogP contribution in [0.15, 0.2) is 0 Å². The Bertz CT molecular complexity index is 390. The summed E-state index contributed by atoms with van der Waals surface area (Å²) in [6.07, 6.45) is 1.24. The molecule has 2 rings (SSSR count). The van der Waals surface area contributed by atoms with E-state index in [0.717, 1.165) is 18.3 Å². The van der Waals surface area contributed by atoms with Gasteiger partial charge in [0.05, 0.1) is 5.69 Å². The van der Waals surface area contributed by atoms with E-state index in [2.05, 4.69) is 37.4 Å². The molecule has 0 amide bonds. The Hall–Kier alpha value is -0.260. The molecule has 3 nitrogen and oxygen atoms in total. The molecule has 2 heterocycles. The largest absolute Gasteiger partial charge is 0.346 e. The molecule has 1 saturated heterocycles. The summed E-state index contributed by atoms with van der Waals surface area (Å²) in [6.45, 7) is 9.53. The van der Waals surface area contributed by atoms with Crippen LogP contribution in [0.1, 0.15) is 43.7 Å². The third-order valence-electron chi connectivity index (χ3n) is 3.31. The third-order valence-corrected chi connectivity index (χ3v) is 5.84. The number of thioether (sulfide) groups is 1. The molecule has 0 aromatic carbocycles. The van der Waals surface area contributed by atoms with Crippen molar-refractivity contribution in [3.8, 4) is 0 Å². The molecule has 1 aromatic heterocycles. The number of nitrogens with zero attached hydrogens (tertiary/aromatic N) is 2. The number of thiazole rings is 1. The lowest BCUT2D eigenvalue weighted by molar-refractivity contribution is 0.721. The van der Waals surface area contributed by atoms with Gasteiger partial charge in [-0.05, 0) is 12.3 Å². The van der Waals surface area contributed by atoms with Crippen LogP contribution in [0.25, 0.3) is 0 Å². The zero-order chi connectivity index (χ0) is 13.1. The first kappa shape index (κ1) is 14.2. The summed E-state index contributed by atoms with van der Waals surface area (Å²) in [4.78, 5) is 8.53. The lowest BCUT2D eigenvalue weighted by Crippen LogP contribution is -2.37. The number of hydrogen-bond donors (Lipinski definition) is 1. The average molecular weight is 285 g/mol. The fourth-order valence-electron chi connectivity index (χ4n) is 2.22. The molecule has 1 aliphatic heterocycles. The first-order valence-electron chi connectivity index (χ1n) is 6.71. The Morgan fingerprint density at radius 3 is 2.83 bits per heavy atom. The van der Waals surface area contributed by atoms with Crippen LogP contribution in [0.3, 0.4) is 0 Å². The van der Waals surface area contributed by atoms with Crippen LogP contribution >= 0.6 is 23.1 Å². The highest BCUT2D eigenvalue weighted by atomic mass is 32.2. The summed E-state index contributed by atoms with van der Waals surface area (Å²) in [6, 6.07) is 0. The van der Waals surface area contributed by atoms with Gasteiger partial charge in [-0.2, -0.15) is 11.8 Å². The molecule has 0 radical (unpaired) electrons. The van der Waals surface area contributed by atoms with Gasteiger partial charge >= 0.3 is 0 Å². The van der Waals surface area contributed by atoms with Crippen molar-refractivity contribution in [3.63, 3.8) is 0 Å². The van der Waals surface area contributed by atoms with Crippen molar-refractivity contribution in [3.05, 3.63) is 10.6 Å². The van der Waals surface area contributed by atoms with E-state index in [1.165, 1.54) is 27.9 Å². The standard InChI is InChI=1S/C13H23N3S2/c1-4-10-8-16(5-6-17-10)13-15-12(9(2)3)11(7-14)18-13/h9-10H,4-8,14H2,1-3H3. The Labute approximate surface area is 118 Å². The Morgan fingerprint density at radius 2 is 2.28 bits per heavy atom. The van der Waals surface area contributed by atoms with Gasteiger partial charge in [0.15, 0.2) is 5.13 Å². The van der Waals surface area contributed by atoms with E-state index in [9.17, 15) is 0 Å². The van der Waals surface area contributed by atoms with Crippen molar-refractivity contribution < 1.29 is 0 Å². The van der Waals surface area contributed by atoms with E-state index in [1.807, 2.05) is 0 Å². The van der Waals surface area contributed by atoms with Crippen molar-refractivity contribution in [1.29, 1.82) is 0 Å². The van der Waals surface area contributed by atoms with Gasteiger partial charge in [-0.15, -0.1) is 11.3 Å². The molecular weight excluding hydrogens is 262 g/mol. The molecule has 0 aliphatic carbocycles. The number of hydrogen-bond acceptors (Lipinski definition) is 5. The van der Waals surface area contributed by atoms with Crippen molar-refractivity contribution >= 4 is 28.2 Å². The molecule has 1 aliphatic rings. The maximum Gasteiger partial charge on any atom is 0.185 e. The molecule has 0 saturated carbocycles. The van der Waals surface area contributed by atoms with Crippen LogP contribution in [0, 0.1) is 0 Å². The summed E-state index contributed by atoms with van der Waals surface area (Å²) >= 11 is 3.88. The molecule has 1 unspecified atom stereocenters. The van der Waals surface area contributed by atoms with Gasteiger partial charge in [-0.25, -0.2) is 4.98 Å². The average Bonchev–Trinajstić information content (AvgIpc) is 2.83. The highest BCUT2D eigenvalue weighted by Crippen LogP contribution is 2.33. The second-order valence-corrected chi connectivity index (χ2v) is 7.48. The second kappa shape index (κ2) is 6.26. The molecule has 1 aromatic rings. The predicted octanol–water partition coefficient (Wildman–Crippen LogP) is 3.06. The minimum Gasteiger partial charge on any atom is -0.346 e. The summed E-state index contributed by atoms with van der Waals surface area (Å²) in [5.41, 5.74) is 7.03. The van der Waals surface area contributed by atoms with Crippen LogP contribution < -0.4 is 10.6 Å². The van der Waals surface area contributed by atoms with Gasteiger partial charge in [0.25, 0.3) is 0 Å². The molecule has 1 atom stereocenters. The fraction of sp³-hybridized carbons (Fsp3) is 0.769. The first-order valence-corrected chi connectivity index (χ1v) is 8.58. The van der Waals surface area contributed by atoms with Crippen molar-refractivity contribution in [2.45, 2.75) is 44.9 Å². The van der Waals surface area contributed by atoms with Crippen LogP contribution in [0.5, 0.6) is 0 Å². The molecule has 2 N–H and O–H groups in total. The zero-order valence-electron chi connectivity index (χ0n) is 11.5. The number of nitrogens with two attached hydrogens (primary N) is 1. The molecular formula is C13H23N3S2. The van der Waals surface area contributed by atoms with E-state index in [0.29, 0.717) is 12.5 Å². The smallest absolute Gasteiger partial charge is 0.185 e. The van der Waals surface area contributed by atoms with Gasteiger partial charge in [-0.3, -0.25) is 0 Å². The summed E-state index contributed by atoms with van der Waals surface area (Å²) in [5.74, 6) is 1.68.